The molecule has 0 heterocycles. The van der Waals surface area contributed by atoms with Crippen LogP contribution >= 0.6 is 0 Å². The number of carbonyl (C=O) groups is 4. The smallest absolute Gasteiger partial charge is 0.227 e. The molecule has 2 aliphatic rings. The summed E-state index contributed by atoms with van der Waals surface area (Å²) in [5, 5.41) is 42.8. The van der Waals surface area contributed by atoms with Gasteiger partial charge in [-0.2, -0.15) is 0 Å². The van der Waals surface area contributed by atoms with E-state index in [0.717, 1.165) is 51.4 Å². The van der Waals surface area contributed by atoms with E-state index in [9.17, 15) is 39.6 Å². The SMILES string of the molecule is CCCCCCCCCCCCCCCCCCC1=C(O)C(=O)C(CC2=C(O)C(=O)C(CCCCCCCCCCCCCCCCCC)=C(O)C2=O)=C(O)C1=O. The number of unbranched alkanes of at least 4 members (excludes halogenated alkanes) is 30. The second-order valence-corrected chi connectivity index (χ2v) is 16.9. The van der Waals surface area contributed by atoms with Gasteiger partial charge in [-0.3, -0.25) is 19.2 Å². The zero-order chi connectivity index (χ0) is 41.7. The molecule has 0 aromatic carbocycles. The largest absolute Gasteiger partial charge is 0.504 e. The minimum Gasteiger partial charge on any atom is -0.504 e. The molecule has 8 heteroatoms. The summed E-state index contributed by atoms with van der Waals surface area (Å²) in [5.74, 6) is -7.24. The second-order valence-electron chi connectivity index (χ2n) is 16.9. The quantitative estimate of drug-likeness (QED) is 0.0362. The van der Waals surface area contributed by atoms with Gasteiger partial charge in [0.2, 0.25) is 23.1 Å². The molecule has 0 fully saturated rings. The molecular formula is C49H80O8. The maximum atomic E-state index is 13.1. The first-order valence-electron chi connectivity index (χ1n) is 23.5. The van der Waals surface area contributed by atoms with Gasteiger partial charge in [-0.15, -0.1) is 0 Å². The van der Waals surface area contributed by atoms with Crippen LogP contribution in [0, 0.1) is 0 Å². The van der Waals surface area contributed by atoms with Gasteiger partial charge in [0.25, 0.3) is 0 Å². The van der Waals surface area contributed by atoms with Crippen LogP contribution in [0.5, 0.6) is 0 Å². The Morgan fingerprint density at radius 3 is 0.667 bits per heavy atom. The van der Waals surface area contributed by atoms with Gasteiger partial charge in [0.05, 0.1) is 11.1 Å². The van der Waals surface area contributed by atoms with Crippen molar-refractivity contribution in [2.45, 2.75) is 239 Å². The van der Waals surface area contributed by atoms with Crippen LogP contribution in [0.15, 0.2) is 45.3 Å². The highest BCUT2D eigenvalue weighted by molar-refractivity contribution is 6.26. The lowest BCUT2D eigenvalue weighted by Crippen LogP contribution is -2.28. The Labute approximate surface area is 345 Å². The number of aliphatic hydroxyl groups excluding tert-OH is 4. The molecule has 0 bridgehead atoms. The van der Waals surface area contributed by atoms with E-state index in [0.29, 0.717) is 12.8 Å². The molecule has 0 aliphatic heterocycles. The van der Waals surface area contributed by atoms with E-state index in [1.165, 1.54) is 141 Å². The molecule has 0 aromatic rings. The Hall–Kier alpha value is -3.16. The highest BCUT2D eigenvalue weighted by Gasteiger charge is 2.39. The van der Waals surface area contributed by atoms with Gasteiger partial charge in [-0.05, 0) is 25.7 Å². The normalized spacial score (nSPS) is 15.3. The molecule has 0 atom stereocenters. The van der Waals surface area contributed by atoms with Crippen molar-refractivity contribution in [3.63, 3.8) is 0 Å². The maximum absolute atomic E-state index is 13.1. The fourth-order valence-electron chi connectivity index (χ4n) is 8.22. The molecule has 324 valence electrons. The van der Waals surface area contributed by atoms with Crippen molar-refractivity contribution in [1.82, 2.24) is 0 Å². The van der Waals surface area contributed by atoms with Gasteiger partial charge < -0.3 is 20.4 Å². The third-order valence-corrected chi connectivity index (χ3v) is 12.0. The molecule has 0 saturated heterocycles. The van der Waals surface area contributed by atoms with E-state index < -0.39 is 63.7 Å². The Kier molecular flexibility index (Phi) is 27.1. The minimum absolute atomic E-state index is 0.129. The standard InChI is InChI=1S/C49H80O8/c1-3-5-7-9-11-13-15-17-19-21-23-25-27-29-31-33-35-38-42(50)46(54)40(47(55)43(38)51)37-41-48(56)44(52)39(45(53)49(41)57)36-34-32-30-28-26-24-22-20-18-16-14-12-10-8-6-4-2/h50,52,55,57H,3-37H2,1-2H3. The van der Waals surface area contributed by atoms with Crippen molar-refractivity contribution < 1.29 is 39.6 Å². The number of aliphatic hydroxyl groups is 4. The number of rotatable bonds is 36. The van der Waals surface area contributed by atoms with Crippen molar-refractivity contribution in [2.75, 3.05) is 0 Å². The van der Waals surface area contributed by atoms with Gasteiger partial charge in [0, 0.05) is 17.6 Å². The Morgan fingerprint density at radius 2 is 0.439 bits per heavy atom. The maximum Gasteiger partial charge on any atom is 0.227 e. The number of hydrogen-bond acceptors (Lipinski definition) is 8. The van der Waals surface area contributed by atoms with Crippen LogP contribution in [-0.2, 0) is 19.2 Å². The van der Waals surface area contributed by atoms with Crippen LogP contribution in [0.1, 0.15) is 239 Å². The van der Waals surface area contributed by atoms with Crippen molar-refractivity contribution in [2.24, 2.45) is 0 Å². The molecule has 0 saturated carbocycles. The summed E-state index contributed by atoms with van der Waals surface area (Å²) in [7, 11) is 0. The third kappa shape index (κ3) is 19.0. The average Bonchev–Trinajstić information content (AvgIpc) is 3.21. The molecule has 8 nitrogen and oxygen atoms in total. The van der Waals surface area contributed by atoms with E-state index in [2.05, 4.69) is 13.8 Å². The lowest BCUT2D eigenvalue weighted by molar-refractivity contribution is -0.121. The molecule has 0 radical (unpaired) electrons. The fourth-order valence-corrected chi connectivity index (χ4v) is 8.22. The number of Topliss-reactive ketones (excluding diaryl/α,β-unsaturated/α-hetero) is 4. The molecule has 0 unspecified atom stereocenters. The molecular weight excluding hydrogens is 717 g/mol. The highest BCUT2D eigenvalue weighted by atomic mass is 16.3. The number of hydrogen-bond donors (Lipinski definition) is 4. The first-order valence-corrected chi connectivity index (χ1v) is 23.5. The lowest BCUT2D eigenvalue weighted by atomic mass is 9.83. The van der Waals surface area contributed by atoms with E-state index in [1.54, 1.807) is 0 Å². The summed E-state index contributed by atoms with van der Waals surface area (Å²) in [5.41, 5.74) is -1.49. The predicted octanol–water partition coefficient (Wildman–Crippen LogP) is 14.2. The van der Waals surface area contributed by atoms with Crippen molar-refractivity contribution in [3.8, 4) is 0 Å². The van der Waals surface area contributed by atoms with Crippen molar-refractivity contribution in [3.05, 3.63) is 45.3 Å². The number of carbonyl (C=O) groups excluding carboxylic acids is 4. The van der Waals surface area contributed by atoms with Crippen molar-refractivity contribution >= 4 is 23.1 Å². The van der Waals surface area contributed by atoms with Crippen LogP contribution < -0.4 is 0 Å². The van der Waals surface area contributed by atoms with E-state index in [1.807, 2.05) is 0 Å². The molecule has 57 heavy (non-hydrogen) atoms. The zero-order valence-electron chi connectivity index (χ0n) is 36.2. The van der Waals surface area contributed by atoms with Crippen LogP contribution in [0.25, 0.3) is 0 Å². The third-order valence-electron chi connectivity index (χ3n) is 12.0. The zero-order valence-corrected chi connectivity index (χ0v) is 36.2. The van der Waals surface area contributed by atoms with Crippen LogP contribution in [0.3, 0.4) is 0 Å². The summed E-state index contributed by atoms with van der Waals surface area (Å²) in [6, 6.07) is 0. The summed E-state index contributed by atoms with van der Waals surface area (Å²) in [6.07, 6.45) is 37.7. The molecule has 2 rings (SSSR count). The molecule has 0 aromatic heterocycles. The van der Waals surface area contributed by atoms with E-state index in [-0.39, 0.29) is 24.0 Å². The molecule has 0 spiro atoms. The Morgan fingerprint density at radius 1 is 0.263 bits per heavy atom. The average molecular weight is 797 g/mol. The van der Waals surface area contributed by atoms with Gasteiger partial charge in [0.15, 0.2) is 23.0 Å². The first-order chi connectivity index (χ1) is 27.7. The Bertz CT molecular complexity index is 1260. The van der Waals surface area contributed by atoms with Gasteiger partial charge in [-0.25, -0.2) is 0 Å². The summed E-state index contributed by atoms with van der Waals surface area (Å²) >= 11 is 0. The topological polar surface area (TPSA) is 149 Å². The highest BCUT2D eigenvalue weighted by Crippen LogP contribution is 2.34. The second kappa shape index (κ2) is 30.9. The Balaban J connectivity index is 1.67. The van der Waals surface area contributed by atoms with Gasteiger partial charge in [0.1, 0.15) is 0 Å². The van der Waals surface area contributed by atoms with Crippen LogP contribution in [-0.4, -0.2) is 43.6 Å². The fraction of sp³-hybridized carbons (Fsp3) is 0.755. The summed E-state index contributed by atoms with van der Waals surface area (Å²) in [6.45, 7) is 4.49. The molecule has 0 amide bonds. The van der Waals surface area contributed by atoms with Crippen LogP contribution in [0.4, 0.5) is 0 Å². The summed E-state index contributed by atoms with van der Waals surface area (Å²) < 4.78 is 0. The van der Waals surface area contributed by atoms with Crippen molar-refractivity contribution in [1.29, 1.82) is 0 Å². The van der Waals surface area contributed by atoms with Gasteiger partial charge >= 0.3 is 0 Å². The van der Waals surface area contributed by atoms with Gasteiger partial charge in [-0.1, -0.05) is 206 Å². The number of ketones is 4. The first kappa shape index (κ1) is 50.0. The predicted molar refractivity (Wildman–Crippen MR) is 232 cm³/mol. The van der Waals surface area contributed by atoms with Crippen LogP contribution in [0.2, 0.25) is 0 Å². The summed E-state index contributed by atoms with van der Waals surface area (Å²) in [4.78, 5) is 52.3. The molecule has 2 aliphatic carbocycles. The number of allylic oxidation sites excluding steroid dienone is 4. The lowest BCUT2D eigenvalue weighted by Gasteiger charge is -2.21. The van der Waals surface area contributed by atoms with E-state index >= 15 is 0 Å². The van der Waals surface area contributed by atoms with E-state index in [4.69, 9.17) is 0 Å². The molecule has 4 N–H and O–H groups in total. The minimum atomic E-state index is -1.03. The monoisotopic (exact) mass is 797 g/mol.